The number of ether oxygens (including phenoxy) is 2. The van der Waals surface area contributed by atoms with Gasteiger partial charge in [-0.25, -0.2) is 65.8 Å². The first-order valence-electron chi connectivity index (χ1n) is 26.9. The molecule has 12 rings (SSSR count). The van der Waals surface area contributed by atoms with Gasteiger partial charge in [0.15, 0.2) is 11.6 Å². The molecule has 4 aromatic carbocycles. The van der Waals surface area contributed by atoms with E-state index in [1.165, 1.54) is 57.7 Å². The molecule has 0 atom stereocenters. The Kier molecular flexibility index (Phi) is 16.9. The van der Waals surface area contributed by atoms with Gasteiger partial charge in [0, 0.05) is 60.0 Å². The summed E-state index contributed by atoms with van der Waals surface area (Å²) in [5.74, 6) is -7.92. The second-order valence-corrected chi connectivity index (χ2v) is 23.7. The summed E-state index contributed by atoms with van der Waals surface area (Å²) in [4.78, 5) is 45.5. The monoisotopic (exact) mass is 1300 g/mol. The van der Waals surface area contributed by atoms with Crippen molar-refractivity contribution in [2.75, 3.05) is 13.3 Å². The van der Waals surface area contributed by atoms with Gasteiger partial charge < -0.3 is 28.8 Å². The van der Waals surface area contributed by atoms with Crippen molar-refractivity contribution in [2.45, 2.75) is 77.2 Å². The average molecular weight is 1300 g/mol. The lowest BCUT2D eigenvalue weighted by Crippen LogP contribution is -2.16. The highest BCUT2D eigenvalue weighted by molar-refractivity contribution is 7.12. The van der Waals surface area contributed by atoms with Gasteiger partial charge in [0.1, 0.15) is 78.9 Å². The second kappa shape index (κ2) is 24.4. The number of pyridine rings is 2. The number of benzene rings is 4. The average Bonchev–Trinajstić information content (AvgIpc) is 2.16. The molecule has 0 bridgehead atoms. The number of hydrogen-bond acceptors (Lipinski definition) is 12. The number of halogens is 14. The van der Waals surface area contributed by atoms with Gasteiger partial charge in [-0.2, -0.15) is 26.3 Å². The highest BCUT2D eigenvalue weighted by Gasteiger charge is 2.45. The molecular formula is C60H42F14N8O6S2. The summed E-state index contributed by atoms with van der Waals surface area (Å²) in [5.41, 5.74) is -3.04. The van der Waals surface area contributed by atoms with E-state index < -0.39 is 93.1 Å². The fourth-order valence-electron chi connectivity index (χ4n) is 9.78. The summed E-state index contributed by atoms with van der Waals surface area (Å²) in [7, 11) is 0. The summed E-state index contributed by atoms with van der Waals surface area (Å²) >= 11 is 0.816. The molecule has 6 heterocycles. The number of aromatic carboxylic acids is 2. The molecule has 2 aliphatic carbocycles. The van der Waals surface area contributed by atoms with Crippen LogP contribution in [0.3, 0.4) is 0 Å². The lowest BCUT2D eigenvalue weighted by Gasteiger charge is -2.16. The van der Waals surface area contributed by atoms with E-state index in [0.29, 0.717) is 60.8 Å². The fourth-order valence-corrected chi connectivity index (χ4v) is 11.2. The van der Waals surface area contributed by atoms with Crippen molar-refractivity contribution in [3.63, 3.8) is 0 Å². The van der Waals surface area contributed by atoms with Crippen LogP contribution in [0.2, 0.25) is 0 Å². The van der Waals surface area contributed by atoms with Crippen LogP contribution in [0.1, 0.15) is 88.9 Å². The zero-order valence-electron chi connectivity index (χ0n) is 45.9. The maximum absolute atomic E-state index is 15.4. The van der Waals surface area contributed by atoms with Crippen LogP contribution in [-0.4, -0.2) is 74.5 Å². The van der Waals surface area contributed by atoms with Crippen LogP contribution in [0.15, 0.2) is 97.3 Å². The number of aromatic nitrogens is 8. The number of fused-ring (bicyclic) bond motifs is 2. The van der Waals surface area contributed by atoms with Crippen LogP contribution in [0.25, 0.3) is 44.6 Å². The molecule has 90 heavy (non-hydrogen) atoms. The van der Waals surface area contributed by atoms with Crippen molar-refractivity contribution in [3.8, 4) is 34.3 Å². The third kappa shape index (κ3) is 13.4. The van der Waals surface area contributed by atoms with Crippen LogP contribution < -0.4 is 9.47 Å². The third-order valence-electron chi connectivity index (χ3n) is 15.1. The molecule has 0 radical (unpaired) electrons. The summed E-state index contributed by atoms with van der Waals surface area (Å²) < 4.78 is 210. The van der Waals surface area contributed by atoms with Crippen molar-refractivity contribution in [1.82, 2.24) is 39.0 Å². The fraction of sp³-hybridized carbons (Fsp3) is 0.267. The summed E-state index contributed by atoms with van der Waals surface area (Å²) in [5, 5.41) is 18.9. The van der Waals surface area contributed by atoms with E-state index in [2.05, 4.69) is 29.9 Å². The first-order valence-corrected chi connectivity index (χ1v) is 28.5. The zero-order valence-corrected chi connectivity index (χ0v) is 47.6. The summed E-state index contributed by atoms with van der Waals surface area (Å²) in [6.45, 7) is -1.89. The first kappa shape index (κ1) is 62.5. The first-order chi connectivity index (χ1) is 42.7. The highest BCUT2D eigenvalue weighted by Crippen LogP contribution is 2.50. The van der Waals surface area contributed by atoms with Crippen LogP contribution in [0.4, 0.5) is 61.5 Å². The number of nitrogens with zero attached hydrogens (tertiary/aromatic N) is 8. The normalized spacial score (nSPS) is 14.2. The Labute approximate surface area is 506 Å². The van der Waals surface area contributed by atoms with Crippen molar-refractivity contribution >= 4 is 56.7 Å². The van der Waals surface area contributed by atoms with Gasteiger partial charge in [0.05, 0.1) is 59.3 Å². The lowest BCUT2D eigenvalue weighted by molar-refractivity contribution is -0.135. The predicted molar refractivity (Wildman–Crippen MR) is 296 cm³/mol. The number of hydrogen-bond donors (Lipinski definition) is 2. The van der Waals surface area contributed by atoms with Gasteiger partial charge in [-0.3, -0.25) is 8.78 Å². The minimum atomic E-state index is -4.54. The minimum Gasteiger partial charge on any atom is -0.478 e. The quantitative estimate of drug-likeness (QED) is 0.0691. The van der Waals surface area contributed by atoms with Crippen LogP contribution in [0.5, 0.6) is 11.8 Å². The van der Waals surface area contributed by atoms with Gasteiger partial charge in [-0.1, -0.05) is 12.1 Å². The van der Waals surface area contributed by atoms with Crippen LogP contribution >= 0.6 is 22.7 Å². The van der Waals surface area contributed by atoms with Crippen molar-refractivity contribution in [1.29, 1.82) is 0 Å². The van der Waals surface area contributed by atoms with E-state index in [-0.39, 0.29) is 139 Å². The Morgan fingerprint density at radius 2 is 0.911 bits per heavy atom. The van der Waals surface area contributed by atoms with Crippen molar-refractivity contribution in [3.05, 3.63) is 186 Å². The van der Waals surface area contributed by atoms with Gasteiger partial charge >= 0.3 is 24.3 Å². The predicted octanol–water partition coefficient (Wildman–Crippen LogP) is 15.2. The standard InChI is InChI=1S/2C30H21F7N4O3S/c2*31-13-29(4-5-29)14-41-22-8-16(28(42)43)7-20(34)27(22)40-24(41)9-15-6-19(33)17(10-18(15)32)21-2-1-3-25(39-21)44-12-26-38-11-23(45-26)30(35,36)37/h2*1-3,6-8,10-11H,4-5,9,12-14H2,(H,42,43). The van der Waals surface area contributed by atoms with E-state index in [9.17, 15) is 63.7 Å². The number of carbonyl (C=O) groups is 2. The van der Waals surface area contributed by atoms with Crippen molar-refractivity contribution in [2.24, 2.45) is 10.8 Å². The SMILES string of the molecule is O=C(O)c1cc(F)c2nc(Cc3cc(F)c(-c4cccc(OCc5ncc(C(F)(F)F)s5)n4)cc3F)n(CC3(CF)CC3)c2c1.O=C(O)c1cc(F)c2nc(Cc3cc(F)c(-c4cccc(OCc5ncc(C(F)(F)F)s5)n4)cc3F)n(CC3(CF)CC3)c2c1. The molecule has 2 N–H and O–H groups in total. The van der Waals surface area contributed by atoms with E-state index in [1.807, 2.05) is 0 Å². The van der Waals surface area contributed by atoms with Crippen LogP contribution in [0, 0.1) is 45.7 Å². The molecule has 2 aliphatic rings. The molecule has 30 heteroatoms. The van der Waals surface area contributed by atoms with E-state index >= 15 is 17.6 Å². The van der Waals surface area contributed by atoms with E-state index in [0.717, 1.165) is 36.4 Å². The Morgan fingerprint density at radius 1 is 0.522 bits per heavy atom. The van der Waals surface area contributed by atoms with Gasteiger partial charge in [-0.05, 0) is 97.5 Å². The van der Waals surface area contributed by atoms with E-state index in [4.69, 9.17) is 9.47 Å². The number of carboxylic acids is 2. The number of imidazole rings is 2. The van der Waals surface area contributed by atoms with Crippen molar-refractivity contribution < 1.29 is 90.7 Å². The zero-order chi connectivity index (χ0) is 64.2. The Bertz CT molecular complexity index is 4150. The summed E-state index contributed by atoms with van der Waals surface area (Å²) in [6.07, 6.45) is -6.12. The number of thiazole rings is 2. The van der Waals surface area contributed by atoms with Crippen LogP contribution in [-0.2, 0) is 51.5 Å². The molecule has 0 unspecified atom stereocenters. The second-order valence-electron chi connectivity index (χ2n) is 21.5. The molecule has 2 fully saturated rings. The molecular weight excluding hydrogens is 1260 g/mol. The van der Waals surface area contributed by atoms with E-state index in [1.54, 1.807) is 0 Å². The maximum atomic E-state index is 15.4. The molecule has 0 aliphatic heterocycles. The maximum Gasteiger partial charge on any atom is 0.427 e. The smallest absolute Gasteiger partial charge is 0.427 e. The number of alkyl halides is 8. The molecule has 6 aromatic heterocycles. The third-order valence-corrected chi connectivity index (χ3v) is 17.1. The minimum absolute atomic E-state index is 0.0142. The molecule has 0 saturated heterocycles. The molecule has 0 spiro atoms. The molecule has 10 aromatic rings. The molecule has 0 amide bonds. The Morgan fingerprint density at radius 3 is 1.24 bits per heavy atom. The largest absolute Gasteiger partial charge is 0.478 e. The molecule has 468 valence electrons. The number of carboxylic acid groups (broad SMARTS) is 2. The molecule has 2 saturated carbocycles. The Hall–Kier alpha value is -9.06. The van der Waals surface area contributed by atoms with Gasteiger partial charge in [0.2, 0.25) is 11.8 Å². The molecule has 14 nitrogen and oxygen atoms in total. The summed E-state index contributed by atoms with van der Waals surface area (Å²) in [6, 6.07) is 16.2. The highest BCUT2D eigenvalue weighted by atomic mass is 32.1. The van der Waals surface area contributed by atoms with Gasteiger partial charge in [0.25, 0.3) is 0 Å². The van der Waals surface area contributed by atoms with Gasteiger partial charge in [-0.15, -0.1) is 22.7 Å². The Balaban J connectivity index is 0.000000185. The lowest BCUT2D eigenvalue weighted by atomic mass is 10.0. The number of rotatable bonds is 20. The topological polar surface area (TPSA) is 180 Å².